The van der Waals surface area contributed by atoms with E-state index in [0.717, 1.165) is 16.7 Å². The summed E-state index contributed by atoms with van der Waals surface area (Å²) in [6.45, 7) is 1.63. The number of carbonyl (C=O) groups is 2. The van der Waals surface area contributed by atoms with E-state index >= 15 is 0 Å². The average molecular weight is 378 g/mol. The molecule has 6 heteroatoms. The molecule has 1 aromatic heterocycles. The predicted molar refractivity (Wildman–Crippen MR) is 105 cm³/mol. The molecular formula is C22H22N2O4. The Bertz CT molecular complexity index is 905. The predicted octanol–water partition coefficient (Wildman–Crippen LogP) is 3.79. The van der Waals surface area contributed by atoms with Crippen molar-refractivity contribution >= 4 is 11.9 Å². The van der Waals surface area contributed by atoms with Gasteiger partial charge in [0.1, 0.15) is 0 Å². The molecule has 2 atom stereocenters. The molecule has 1 heterocycles. The molecule has 2 N–H and O–H groups in total. The van der Waals surface area contributed by atoms with Crippen molar-refractivity contribution in [2.75, 3.05) is 0 Å². The van der Waals surface area contributed by atoms with Crippen molar-refractivity contribution in [3.8, 4) is 11.1 Å². The monoisotopic (exact) mass is 378 g/mol. The van der Waals surface area contributed by atoms with Gasteiger partial charge >= 0.3 is 5.97 Å². The first-order chi connectivity index (χ1) is 13.5. The first kappa shape index (κ1) is 19.4. The van der Waals surface area contributed by atoms with Gasteiger partial charge in [-0.25, -0.2) is 4.98 Å². The first-order valence-electron chi connectivity index (χ1n) is 9.09. The zero-order valence-electron chi connectivity index (χ0n) is 15.5. The molecule has 0 radical (unpaired) electrons. The number of aromatic nitrogens is 1. The van der Waals surface area contributed by atoms with Gasteiger partial charge in [-0.15, -0.1) is 0 Å². The molecule has 0 spiro atoms. The van der Waals surface area contributed by atoms with Crippen molar-refractivity contribution in [3.63, 3.8) is 0 Å². The Morgan fingerprint density at radius 1 is 1.07 bits per heavy atom. The van der Waals surface area contributed by atoms with Crippen LogP contribution in [0.25, 0.3) is 11.1 Å². The number of benzene rings is 2. The summed E-state index contributed by atoms with van der Waals surface area (Å²) in [7, 11) is 0. The van der Waals surface area contributed by atoms with Crippen LogP contribution < -0.4 is 5.32 Å². The lowest BCUT2D eigenvalue weighted by Gasteiger charge is -2.20. The van der Waals surface area contributed by atoms with E-state index in [-0.39, 0.29) is 11.8 Å². The van der Waals surface area contributed by atoms with Gasteiger partial charge in [0.2, 0.25) is 5.76 Å². The van der Waals surface area contributed by atoms with Crippen LogP contribution in [-0.4, -0.2) is 28.0 Å². The fraction of sp³-hybridized carbons (Fsp3) is 0.227. The minimum absolute atomic E-state index is 0.104. The molecule has 6 nitrogen and oxygen atoms in total. The van der Waals surface area contributed by atoms with E-state index in [1.165, 1.54) is 12.6 Å². The van der Waals surface area contributed by atoms with Crippen molar-refractivity contribution < 1.29 is 19.1 Å². The quantitative estimate of drug-likeness (QED) is 0.622. The van der Waals surface area contributed by atoms with Crippen LogP contribution in [0.2, 0.25) is 0 Å². The number of carboxylic acid groups (broad SMARTS) is 1. The maximum Gasteiger partial charge on any atom is 0.306 e. The summed E-state index contributed by atoms with van der Waals surface area (Å²) in [4.78, 5) is 27.3. The summed E-state index contributed by atoms with van der Waals surface area (Å²) in [5.41, 5.74) is 3.24. The van der Waals surface area contributed by atoms with E-state index in [4.69, 9.17) is 4.42 Å². The molecule has 28 heavy (non-hydrogen) atoms. The number of carboxylic acids is 1. The molecule has 0 saturated carbocycles. The van der Waals surface area contributed by atoms with Crippen LogP contribution in [-0.2, 0) is 11.2 Å². The zero-order valence-corrected chi connectivity index (χ0v) is 15.5. The van der Waals surface area contributed by atoms with Crippen molar-refractivity contribution in [1.82, 2.24) is 10.3 Å². The lowest BCUT2D eigenvalue weighted by Crippen LogP contribution is -2.38. The molecule has 0 aliphatic heterocycles. The number of hydrogen-bond acceptors (Lipinski definition) is 4. The second-order valence-electron chi connectivity index (χ2n) is 6.78. The van der Waals surface area contributed by atoms with Crippen molar-refractivity contribution in [3.05, 3.63) is 78.5 Å². The van der Waals surface area contributed by atoms with Crippen LogP contribution in [0.5, 0.6) is 0 Å². The number of hydrogen-bond donors (Lipinski definition) is 2. The van der Waals surface area contributed by atoms with Gasteiger partial charge < -0.3 is 14.8 Å². The van der Waals surface area contributed by atoms with Gasteiger partial charge in [-0.3, -0.25) is 9.59 Å². The number of amides is 1. The number of nitrogens with zero attached hydrogens (tertiary/aromatic N) is 1. The van der Waals surface area contributed by atoms with Crippen LogP contribution in [0, 0.1) is 5.92 Å². The molecular weight excluding hydrogens is 356 g/mol. The van der Waals surface area contributed by atoms with Crippen LogP contribution in [0.1, 0.15) is 29.5 Å². The molecule has 1 amide bonds. The smallest absolute Gasteiger partial charge is 0.306 e. The Labute approximate surface area is 163 Å². The molecule has 2 aromatic carbocycles. The third kappa shape index (κ3) is 5.07. The highest BCUT2D eigenvalue weighted by atomic mass is 16.4. The Hall–Kier alpha value is -3.41. The molecule has 3 rings (SSSR count). The van der Waals surface area contributed by atoms with Gasteiger partial charge in [0, 0.05) is 6.04 Å². The van der Waals surface area contributed by atoms with Crippen molar-refractivity contribution in [1.29, 1.82) is 0 Å². The van der Waals surface area contributed by atoms with Gasteiger partial charge in [0.15, 0.2) is 6.39 Å². The topological polar surface area (TPSA) is 92.4 Å². The highest BCUT2D eigenvalue weighted by Gasteiger charge is 2.22. The zero-order chi connectivity index (χ0) is 19.9. The summed E-state index contributed by atoms with van der Waals surface area (Å²) in [6.07, 6.45) is 3.36. The fourth-order valence-electron chi connectivity index (χ4n) is 3.05. The standard InChI is InChI=1S/C22H22N2O4/c1-15(22(26)27)11-19(24-21(25)20-13-23-14-28-20)12-16-7-9-18(10-8-16)17-5-3-2-4-6-17/h2-10,13-15,19H,11-12H2,1H3,(H,24,25)(H,26,27)/t15-,19?/m1/s1. The Morgan fingerprint density at radius 2 is 1.75 bits per heavy atom. The largest absolute Gasteiger partial charge is 0.481 e. The van der Waals surface area contributed by atoms with E-state index in [1.54, 1.807) is 6.92 Å². The van der Waals surface area contributed by atoms with Gasteiger partial charge in [-0.05, 0) is 29.5 Å². The van der Waals surface area contributed by atoms with Crippen molar-refractivity contribution in [2.45, 2.75) is 25.8 Å². The van der Waals surface area contributed by atoms with Crippen LogP contribution in [0.4, 0.5) is 0 Å². The third-order valence-corrected chi connectivity index (χ3v) is 4.59. The molecule has 0 aliphatic rings. The average Bonchev–Trinajstić information content (AvgIpc) is 3.24. The molecule has 1 unspecified atom stereocenters. The summed E-state index contributed by atoms with van der Waals surface area (Å²) < 4.78 is 5.02. The van der Waals surface area contributed by atoms with E-state index in [0.29, 0.717) is 12.8 Å². The van der Waals surface area contributed by atoms with Crippen LogP contribution in [0.3, 0.4) is 0 Å². The fourth-order valence-corrected chi connectivity index (χ4v) is 3.05. The summed E-state index contributed by atoms with van der Waals surface area (Å²) in [5.74, 6) is -1.77. The second kappa shape index (κ2) is 8.99. The van der Waals surface area contributed by atoms with Gasteiger partial charge in [-0.2, -0.15) is 0 Å². The maximum atomic E-state index is 12.3. The SMILES string of the molecule is C[C@H](CC(Cc1ccc(-c2ccccc2)cc1)NC(=O)c1cnco1)C(=O)O. The molecule has 0 bridgehead atoms. The molecule has 0 aliphatic carbocycles. The minimum atomic E-state index is -0.890. The normalized spacial score (nSPS) is 12.9. The summed E-state index contributed by atoms with van der Waals surface area (Å²) >= 11 is 0. The lowest BCUT2D eigenvalue weighted by molar-refractivity contribution is -0.141. The van der Waals surface area contributed by atoms with E-state index in [9.17, 15) is 14.7 Å². The molecule has 0 saturated heterocycles. The van der Waals surface area contributed by atoms with E-state index in [1.807, 2.05) is 54.6 Å². The molecule has 3 aromatic rings. The first-order valence-corrected chi connectivity index (χ1v) is 9.09. The highest BCUT2D eigenvalue weighted by molar-refractivity contribution is 5.91. The Morgan fingerprint density at radius 3 is 2.36 bits per heavy atom. The summed E-state index contributed by atoms with van der Waals surface area (Å²) in [6, 6.07) is 17.8. The Balaban J connectivity index is 1.72. The number of carbonyl (C=O) groups excluding carboxylic acids is 1. The van der Waals surface area contributed by atoms with E-state index in [2.05, 4.69) is 10.3 Å². The van der Waals surface area contributed by atoms with Crippen LogP contribution >= 0.6 is 0 Å². The lowest BCUT2D eigenvalue weighted by atomic mass is 9.95. The highest BCUT2D eigenvalue weighted by Crippen LogP contribution is 2.20. The number of nitrogens with one attached hydrogen (secondary N) is 1. The van der Waals surface area contributed by atoms with Gasteiger partial charge in [-0.1, -0.05) is 61.5 Å². The van der Waals surface area contributed by atoms with Gasteiger partial charge in [0.05, 0.1) is 12.1 Å². The molecule has 0 fully saturated rings. The van der Waals surface area contributed by atoms with Gasteiger partial charge in [0.25, 0.3) is 5.91 Å². The number of aliphatic carboxylic acids is 1. The number of oxazole rings is 1. The minimum Gasteiger partial charge on any atom is -0.481 e. The Kier molecular flexibility index (Phi) is 6.22. The maximum absolute atomic E-state index is 12.3. The second-order valence-corrected chi connectivity index (χ2v) is 6.78. The van der Waals surface area contributed by atoms with Crippen LogP contribution in [0.15, 0.2) is 71.6 Å². The summed E-state index contributed by atoms with van der Waals surface area (Å²) in [5, 5.41) is 12.1. The third-order valence-electron chi connectivity index (χ3n) is 4.59. The van der Waals surface area contributed by atoms with E-state index < -0.39 is 17.8 Å². The van der Waals surface area contributed by atoms with Crippen molar-refractivity contribution in [2.24, 2.45) is 5.92 Å². The number of rotatable bonds is 8. The molecule has 144 valence electrons.